The van der Waals surface area contributed by atoms with Crippen molar-refractivity contribution >= 4 is 11.3 Å². The standard InChI is InChI=1S/C16H22N2S/c1-3-9-17-11-15(14-7-5-4-6-8-14)10-16-12-19-13(2)18-16/h4-8,12,15,17H,3,9-11H2,1-2H3. The van der Waals surface area contributed by atoms with Gasteiger partial charge < -0.3 is 5.32 Å². The Labute approximate surface area is 119 Å². The van der Waals surface area contributed by atoms with Crippen molar-refractivity contribution in [2.24, 2.45) is 0 Å². The predicted molar refractivity (Wildman–Crippen MR) is 82.9 cm³/mol. The maximum Gasteiger partial charge on any atom is 0.0897 e. The molecule has 0 saturated heterocycles. The number of rotatable bonds is 7. The normalized spacial score (nSPS) is 12.5. The van der Waals surface area contributed by atoms with E-state index >= 15 is 0 Å². The lowest BCUT2D eigenvalue weighted by Gasteiger charge is -2.17. The van der Waals surface area contributed by atoms with Crippen molar-refractivity contribution in [1.82, 2.24) is 10.3 Å². The van der Waals surface area contributed by atoms with E-state index in [0.29, 0.717) is 5.92 Å². The highest BCUT2D eigenvalue weighted by Crippen LogP contribution is 2.21. The monoisotopic (exact) mass is 274 g/mol. The molecule has 0 amide bonds. The first-order valence-corrected chi connectivity index (χ1v) is 7.84. The maximum atomic E-state index is 4.59. The Morgan fingerprint density at radius 3 is 2.68 bits per heavy atom. The highest BCUT2D eigenvalue weighted by molar-refractivity contribution is 7.09. The number of benzene rings is 1. The number of hydrogen-bond acceptors (Lipinski definition) is 3. The Morgan fingerprint density at radius 1 is 1.26 bits per heavy atom. The fourth-order valence-corrected chi connectivity index (χ4v) is 2.87. The largest absolute Gasteiger partial charge is 0.316 e. The van der Waals surface area contributed by atoms with Crippen LogP contribution in [0.25, 0.3) is 0 Å². The van der Waals surface area contributed by atoms with Gasteiger partial charge in [-0.2, -0.15) is 0 Å². The summed E-state index contributed by atoms with van der Waals surface area (Å²) in [5, 5.41) is 6.88. The van der Waals surface area contributed by atoms with E-state index < -0.39 is 0 Å². The molecular weight excluding hydrogens is 252 g/mol. The van der Waals surface area contributed by atoms with E-state index in [-0.39, 0.29) is 0 Å². The van der Waals surface area contributed by atoms with Gasteiger partial charge in [0.05, 0.1) is 10.7 Å². The second kappa shape index (κ2) is 7.41. The van der Waals surface area contributed by atoms with Gasteiger partial charge in [-0.25, -0.2) is 4.98 Å². The Hall–Kier alpha value is -1.19. The molecule has 1 aromatic heterocycles. The second-order valence-corrected chi connectivity index (χ2v) is 5.94. The minimum atomic E-state index is 0.509. The van der Waals surface area contributed by atoms with Crippen LogP contribution in [0.1, 0.15) is 35.5 Å². The summed E-state index contributed by atoms with van der Waals surface area (Å²) in [4.78, 5) is 4.59. The topological polar surface area (TPSA) is 24.9 Å². The van der Waals surface area contributed by atoms with Crippen molar-refractivity contribution < 1.29 is 0 Å². The average Bonchev–Trinajstić information content (AvgIpc) is 2.84. The zero-order valence-electron chi connectivity index (χ0n) is 11.7. The Kier molecular flexibility index (Phi) is 5.55. The fraction of sp³-hybridized carbons (Fsp3) is 0.438. The van der Waals surface area contributed by atoms with Gasteiger partial charge in [0, 0.05) is 17.8 Å². The highest BCUT2D eigenvalue weighted by Gasteiger charge is 2.13. The molecule has 19 heavy (non-hydrogen) atoms. The summed E-state index contributed by atoms with van der Waals surface area (Å²) in [7, 11) is 0. The SMILES string of the molecule is CCCNCC(Cc1csc(C)n1)c1ccccc1. The maximum absolute atomic E-state index is 4.59. The van der Waals surface area contributed by atoms with Crippen LogP contribution in [-0.4, -0.2) is 18.1 Å². The van der Waals surface area contributed by atoms with Gasteiger partial charge in [0.1, 0.15) is 0 Å². The zero-order valence-corrected chi connectivity index (χ0v) is 12.5. The molecule has 1 N–H and O–H groups in total. The molecule has 1 heterocycles. The number of aromatic nitrogens is 1. The van der Waals surface area contributed by atoms with E-state index in [1.807, 2.05) is 0 Å². The number of nitrogens with zero attached hydrogens (tertiary/aromatic N) is 1. The van der Waals surface area contributed by atoms with Crippen molar-refractivity contribution in [2.45, 2.75) is 32.6 Å². The molecule has 1 atom stereocenters. The van der Waals surface area contributed by atoms with Crippen LogP contribution in [0, 0.1) is 6.92 Å². The molecule has 3 heteroatoms. The molecule has 0 bridgehead atoms. The molecule has 0 fully saturated rings. The number of thiazole rings is 1. The smallest absolute Gasteiger partial charge is 0.0897 e. The number of aryl methyl sites for hydroxylation is 1. The summed E-state index contributed by atoms with van der Waals surface area (Å²) >= 11 is 1.74. The summed E-state index contributed by atoms with van der Waals surface area (Å²) < 4.78 is 0. The molecular formula is C16H22N2S. The second-order valence-electron chi connectivity index (χ2n) is 4.87. The lowest BCUT2D eigenvalue weighted by Crippen LogP contribution is -2.23. The van der Waals surface area contributed by atoms with Gasteiger partial charge in [-0.15, -0.1) is 11.3 Å². The van der Waals surface area contributed by atoms with Crippen LogP contribution in [0.3, 0.4) is 0 Å². The lowest BCUT2D eigenvalue weighted by molar-refractivity contribution is 0.573. The molecule has 1 aromatic carbocycles. The van der Waals surface area contributed by atoms with E-state index in [4.69, 9.17) is 0 Å². The predicted octanol–water partition coefficient (Wildman–Crippen LogP) is 3.78. The van der Waals surface area contributed by atoms with E-state index in [2.05, 4.69) is 59.9 Å². The van der Waals surface area contributed by atoms with Crippen LogP contribution >= 0.6 is 11.3 Å². The molecule has 0 saturated carbocycles. The van der Waals surface area contributed by atoms with E-state index in [1.165, 1.54) is 17.7 Å². The Balaban J connectivity index is 2.05. The lowest BCUT2D eigenvalue weighted by atomic mass is 9.94. The van der Waals surface area contributed by atoms with E-state index in [0.717, 1.165) is 24.5 Å². The van der Waals surface area contributed by atoms with Crippen molar-refractivity contribution in [3.63, 3.8) is 0 Å². The van der Waals surface area contributed by atoms with Gasteiger partial charge in [-0.1, -0.05) is 37.3 Å². The van der Waals surface area contributed by atoms with Gasteiger partial charge >= 0.3 is 0 Å². The first kappa shape index (κ1) is 14.2. The molecule has 102 valence electrons. The van der Waals surface area contributed by atoms with Gasteiger partial charge in [0.2, 0.25) is 0 Å². The van der Waals surface area contributed by atoms with Crippen molar-refractivity contribution in [3.05, 3.63) is 52.0 Å². The van der Waals surface area contributed by atoms with Crippen molar-refractivity contribution in [1.29, 1.82) is 0 Å². The Bertz CT molecular complexity index is 479. The molecule has 2 nitrogen and oxygen atoms in total. The van der Waals surface area contributed by atoms with Crippen molar-refractivity contribution in [2.75, 3.05) is 13.1 Å². The summed E-state index contributed by atoms with van der Waals surface area (Å²) in [5.41, 5.74) is 2.62. The van der Waals surface area contributed by atoms with Crippen LogP contribution in [0.2, 0.25) is 0 Å². The minimum Gasteiger partial charge on any atom is -0.316 e. The van der Waals surface area contributed by atoms with Gasteiger partial charge in [0.25, 0.3) is 0 Å². The molecule has 2 aromatic rings. The van der Waals surface area contributed by atoms with Crippen molar-refractivity contribution in [3.8, 4) is 0 Å². The van der Waals surface area contributed by atoms with Crippen LogP contribution < -0.4 is 5.32 Å². The summed E-state index contributed by atoms with van der Waals surface area (Å²) in [6.45, 7) is 6.38. The molecule has 0 aliphatic carbocycles. The Morgan fingerprint density at radius 2 is 2.05 bits per heavy atom. The van der Waals surface area contributed by atoms with Gasteiger partial charge in [-0.05, 0) is 31.9 Å². The molecule has 0 aliphatic rings. The van der Waals surface area contributed by atoms with Gasteiger partial charge in [0.15, 0.2) is 0 Å². The van der Waals surface area contributed by atoms with E-state index in [1.54, 1.807) is 11.3 Å². The highest BCUT2D eigenvalue weighted by atomic mass is 32.1. The zero-order chi connectivity index (χ0) is 13.5. The molecule has 1 unspecified atom stereocenters. The molecule has 0 radical (unpaired) electrons. The third-order valence-electron chi connectivity index (χ3n) is 3.21. The van der Waals surface area contributed by atoms with E-state index in [9.17, 15) is 0 Å². The number of nitrogens with one attached hydrogen (secondary N) is 1. The third-order valence-corrected chi connectivity index (χ3v) is 4.03. The number of hydrogen-bond donors (Lipinski definition) is 1. The fourth-order valence-electron chi connectivity index (χ4n) is 2.24. The minimum absolute atomic E-state index is 0.509. The summed E-state index contributed by atoms with van der Waals surface area (Å²) in [6.07, 6.45) is 2.20. The quantitative estimate of drug-likeness (QED) is 0.777. The first-order valence-electron chi connectivity index (χ1n) is 6.96. The van der Waals surface area contributed by atoms with Crippen LogP contribution in [0.15, 0.2) is 35.7 Å². The van der Waals surface area contributed by atoms with Gasteiger partial charge in [-0.3, -0.25) is 0 Å². The first-order chi connectivity index (χ1) is 9.29. The summed E-state index contributed by atoms with van der Waals surface area (Å²) in [6, 6.07) is 10.8. The average molecular weight is 274 g/mol. The molecule has 0 spiro atoms. The molecule has 0 aliphatic heterocycles. The van der Waals surface area contributed by atoms with Crippen LogP contribution in [0.5, 0.6) is 0 Å². The molecule has 2 rings (SSSR count). The van der Waals surface area contributed by atoms with Crippen LogP contribution in [-0.2, 0) is 6.42 Å². The van der Waals surface area contributed by atoms with Crippen LogP contribution in [0.4, 0.5) is 0 Å². The summed E-state index contributed by atoms with van der Waals surface area (Å²) in [5.74, 6) is 0.509. The third kappa shape index (κ3) is 4.44.